The maximum absolute atomic E-state index is 12.6. The quantitative estimate of drug-likeness (QED) is 0.386. The highest BCUT2D eigenvalue weighted by molar-refractivity contribution is 6.00. The lowest BCUT2D eigenvalue weighted by molar-refractivity contribution is -0.134. The number of carbonyl (C=O) groups excluding carboxylic acids is 3. The molecule has 2 aromatic rings. The first-order chi connectivity index (χ1) is 16.3. The van der Waals surface area contributed by atoms with Gasteiger partial charge in [-0.25, -0.2) is 4.79 Å². The van der Waals surface area contributed by atoms with Crippen molar-refractivity contribution in [3.05, 3.63) is 46.8 Å². The van der Waals surface area contributed by atoms with Crippen LogP contribution in [0.3, 0.4) is 0 Å². The van der Waals surface area contributed by atoms with Gasteiger partial charge in [0.05, 0.1) is 12.2 Å². The van der Waals surface area contributed by atoms with Crippen LogP contribution in [0.15, 0.2) is 24.3 Å². The molecule has 184 valence electrons. The van der Waals surface area contributed by atoms with Crippen LogP contribution in [0, 0.1) is 13.8 Å². The normalized spacial score (nSPS) is 13.5. The van der Waals surface area contributed by atoms with E-state index in [1.807, 2.05) is 43.2 Å². The van der Waals surface area contributed by atoms with E-state index in [9.17, 15) is 14.4 Å². The highest BCUT2D eigenvalue weighted by atomic mass is 16.5. The monoisotopic (exact) mass is 470 g/mol. The lowest BCUT2D eigenvalue weighted by atomic mass is 10.1. The van der Waals surface area contributed by atoms with Crippen LogP contribution < -0.4 is 9.47 Å². The number of likely N-dealkylation sites (tertiary alicyclic amines) is 1. The van der Waals surface area contributed by atoms with Gasteiger partial charge >= 0.3 is 5.97 Å². The molecule has 0 aliphatic carbocycles. The molecule has 1 saturated heterocycles. The number of hydrogen-bond acceptors (Lipinski definition) is 6. The Morgan fingerprint density at radius 2 is 1.65 bits per heavy atom. The number of Topliss-reactive ketones (excluding diaryl/α,β-unsaturated/α-hetero) is 1. The van der Waals surface area contributed by atoms with Gasteiger partial charge < -0.3 is 23.7 Å². The highest BCUT2D eigenvalue weighted by Gasteiger charge is 2.20. The van der Waals surface area contributed by atoms with E-state index >= 15 is 0 Å². The molecule has 1 aliphatic rings. The van der Waals surface area contributed by atoms with Gasteiger partial charge in [0, 0.05) is 36.6 Å². The highest BCUT2D eigenvalue weighted by Crippen LogP contribution is 2.29. The third-order valence-electron chi connectivity index (χ3n) is 6.06. The van der Waals surface area contributed by atoms with Gasteiger partial charge in [-0.1, -0.05) is 0 Å². The zero-order valence-corrected chi connectivity index (χ0v) is 20.5. The molecule has 3 rings (SSSR count). The van der Waals surface area contributed by atoms with E-state index in [1.54, 1.807) is 12.1 Å². The summed E-state index contributed by atoms with van der Waals surface area (Å²) < 4.78 is 18.6. The molecule has 0 bridgehead atoms. The molecule has 1 aromatic carbocycles. The van der Waals surface area contributed by atoms with Crippen LogP contribution in [-0.2, 0) is 16.1 Å². The summed E-state index contributed by atoms with van der Waals surface area (Å²) in [5, 5.41) is 0. The molecule has 8 heteroatoms. The molecule has 0 atom stereocenters. The van der Waals surface area contributed by atoms with E-state index in [0.29, 0.717) is 23.7 Å². The Kier molecular flexibility index (Phi) is 8.73. The average molecular weight is 471 g/mol. The van der Waals surface area contributed by atoms with Gasteiger partial charge in [0.2, 0.25) is 5.78 Å². The van der Waals surface area contributed by atoms with Gasteiger partial charge in [-0.15, -0.1) is 0 Å². The SMILES string of the molecule is CCOc1cc(C(=O)OCC(=O)c2cc(C)n(CC)c2C)ccc1OCC(=O)N1CCCCC1. The number of rotatable bonds is 10. The number of benzene rings is 1. The minimum absolute atomic E-state index is 0.0633. The number of esters is 1. The molecule has 8 nitrogen and oxygen atoms in total. The van der Waals surface area contributed by atoms with Crippen LogP contribution in [-0.4, -0.2) is 60.0 Å². The number of amides is 1. The van der Waals surface area contributed by atoms with Gasteiger partial charge in [-0.05, 0) is 71.2 Å². The number of carbonyl (C=O) groups is 3. The first kappa shape index (κ1) is 25.3. The van der Waals surface area contributed by atoms with Crippen LogP contribution in [0.4, 0.5) is 0 Å². The largest absolute Gasteiger partial charge is 0.490 e. The molecule has 2 heterocycles. The number of piperidine rings is 1. The Morgan fingerprint density at radius 3 is 2.29 bits per heavy atom. The van der Waals surface area contributed by atoms with Crippen LogP contribution in [0.25, 0.3) is 0 Å². The fourth-order valence-corrected chi connectivity index (χ4v) is 4.26. The fourth-order valence-electron chi connectivity index (χ4n) is 4.26. The van der Waals surface area contributed by atoms with Gasteiger partial charge in [0.15, 0.2) is 24.7 Å². The minimum atomic E-state index is -0.630. The van der Waals surface area contributed by atoms with Gasteiger partial charge in [-0.2, -0.15) is 0 Å². The van der Waals surface area contributed by atoms with E-state index in [-0.39, 0.29) is 30.5 Å². The molecule has 1 amide bonds. The molecule has 1 aliphatic heterocycles. The standard InChI is InChI=1S/C26H34N2O6/c1-5-28-18(3)14-21(19(28)4)22(29)16-34-26(31)20-10-11-23(24(15-20)32-6-2)33-17-25(30)27-12-8-7-9-13-27/h10-11,14-15H,5-9,12-13,16-17H2,1-4H3. The van der Waals surface area contributed by atoms with E-state index in [0.717, 1.165) is 50.3 Å². The van der Waals surface area contributed by atoms with Gasteiger partial charge in [0.25, 0.3) is 5.91 Å². The van der Waals surface area contributed by atoms with Crippen molar-refractivity contribution in [2.75, 3.05) is 32.9 Å². The molecule has 0 N–H and O–H groups in total. The summed E-state index contributed by atoms with van der Waals surface area (Å²) in [4.78, 5) is 39.4. The predicted octanol–water partition coefficient (Wildman–Crippen LogP) is 3.95. The third-order valence-corrected chi connectivity index (χ3v) is 6.06. The van der Waals surface area contributed by atoms with E-state index in [1.165, 1.54) is 6.07 Å². The zero-order valence-electron chi connectivity index (χ0n) is 20.5. The van der Waals surface area contributed by atoms with Crippen LogP contribution >= 0.6 is 0 Å². The second-order valence-corrected chi connectivity index (χ2v) is 8.35. The first-order valence-corrected chi connectivity index (χ1v) is 11.9. The summed E-state index contributed by atoms with van der Waals surface area (Å²) in [5.74, 6) is -0.212. The molecular formula is C26H34N2O6. The molecule has 0 saturated carbocycles. The summed E-state index contributed by atoms with van der Waals surface area (Å²) in [6.07, 6.45) is 3.17. The fraction of sp³-hybridized carbons (Fsp3) is 0.500. The van der Waals surface area contributed by atoms with Crippen molar-refractivity contribution in [3.63, 3.8) is 0 Å². The van der Waals surface area contributed by atoms with Gasteiger partial charge in [-0.3, -0.25) is 9.59 Å². The number of ketones is 1. The molecule has 1 aromatic heterocycles. The molecular weight excluding hydrogens is 436 g/mol. The maximum atomic E-state index is 12.6. The van der Waals surface area contributed by atoms with Crippen molar-refractivity contribution in [2.24, 2.45) is 0 Å². The Bertz CT molecular complexity index is 1040. The zero-order chi connectivity index (χ0) is 24.7. The Hall–Kier alpha value is -3.29. The number of hydrogen-bond donors (Lipinski definition) is 0. The lowest BCUT2D eigenvalue weighted by Crippen LogP contribution is -2.38. The number of nitrogens with zero attached hydrogens (tertiary/aromatic N) is 2. The first-order valence-electron chi connectivity index (χ1n) is 11.9. The predicted molar refractivity (Wildman–Crippen MR) is 128 cm³/mol. The van der Waals surface area contributed by atoms with E-state index < -0.39 is 5.97 Å². The smallest absolute Gasteiger partial charge is 0.338 e. The Morgan fingerprint density at radius 1 is 0.912 bits per heavy atom. The molecule has 0 unspecified atom stereocenters. The summed E-state index contributed by atoms with van der Waals surface area (Å²) in [6, 6.07) is 6.46. The van der Waals surface area contributed by atoms with Crippen molar-refractivity contribution in [1.82, 2.24) is 9.47 Å². The van der Waals surface area contributed by atoms with E-state index in [2.05, 4.69) is 0 Å². The Balaban J connectivity index is 1.62. The maximum Gasteiger partial charge on any atom is 0.338 e. The van der Waals surface area contributed by atoms with Crippen molar-refractivity contribution in [3.8, 4) is 11.5 Å². The summed E-state index contributed by atoms with van der Waals surface area (Å²) in [5.41, 5.74) is 2.65. The topological polar surface area (TPSA) is 87.1 Å². The second-order valence-electron chi connectivity index (χ2n) is 8.35. The van der Waals surface area contributed by atoms with Crippen molar-refractivity contribution in [1.29, 1.82) is 0 Å². The lowest BCUT2D eigenvalue weighted by Gasteiger charge is -2.26. The summed E-state index contributed by atoms with van der Waals surface area (Å²) >= 11 is 0. The van der Waals surface area contributed by atoms with Crippen molar-refractivity contribution < 1.29 is 28.6 Å². The summed E-state index contributed by atoms with van der Waals surface area (Å²) in [7, 11) is 0. The minimum Gasteiger partial charge on any atom is -0.490 e. The summed E-state index contributed by atoms with van der Waals surface area (Å²) in [6.45, 7) is 9.86. The van der Waals surface area contributed by atoms with E-state index in [4.69, 9.17) is 14.2 Å². The average Bonchev–Trinajstić information content (AvgIpc) is 3.14. The number of aryl methyl sites for hydroxylation is 1. The molecule has 0 radical (unpaired) electrons. The molecule has 34 heavy (non-hydrogen) atoms. The number of aromatic nitrogens is 1. The van der Waals surface area contributed by atoms with Crippen LogP contribution in [0.2, 0.25) is 0 Å². The molecule has 1 fully saturated rings. The third kappa shape index (κ3) is 5.98. The Labute approximate surface area is 200 Å². The van der Waals surface area contributed by atoms with Crippen molar-refractivity contribution >= 4 is 17.7 Å². The van der Waals surface area contributed by atoms with Crippen LogP contribution in [0.1, 0.15) is 65.2 Å². The van der Waals surface area contributed by atoms with Crippen LogP contribution in [0.5, 0.6) is 11.5 Å². The van der Waals surface area contributed by atoms with Gasteiger partial charge in [0.1, 0.15) is 0 Å². The number of ether oxygens (including phenoxy) is 3. The van der Waals surface area contributed by atoms with Crippen molar-refractivity contribution in [2.45, 2.75) is 53.5 Å². The molecule has 0 spiro atoms. The second kappa shape index (κ2) is 11.7.